The van der Waals surface area contributed by atoms with Gasteiger partial charge in [-0.25, -0.2) is 27.0 Å². The van der Waals surface area contributed by atoms with Crippen LogP contribution in [0.15, 0.2) is 52.4 Å². The van der Waals surface area contributed by atoms with Crippen molar-refractivity contribution in [1.82, 2.24) is 4.98 Å². The molecule has 112 valence electrons. The van der Waals surface area contributed by atoms with Crippen molar-refractivity contribution in [3.05, 3.63) is 47.7 Å². The molecule has 0 aliphatic carbocycles. The summed E-state index contributed by atoms with van der Waals surface area (Å²) in [5, 5.41) is 5.01. The van der Waals surface area contributed by atoms with Crippen LogP contribution in [0.25, 0.3) is 0 Å². The molecule has 0 bridgehead atoms. The summed E-state index contributed by atoms with van der Waals surface area (Å²) < 4.78 is 49.0. The first-order valence-electron chi connectivity index (χ1n) is 5.46. The van der Waals surface area contributed by atoms with E-state index in [2.05, 4.69) is 9.71 Å². The number of pyridine rings is 1. The lowest BCUT2D eigenvalue weighted by Gasteiger charge is -2.09. The Morgan fingerprint density at radius 2 is 1.76 bits per heavy atom. The Labute approximate surface area is 126 Å². The Morgan fingerprint density at radius 3 is 2.38 bits per heavy atom. The van der Waals surface area contributed by atoms with Crippen LogP contribution in [0.5, 0.6) is 0 Å². The van der Waals surface area contributed by atoms with Crippen LogP contribution in [-0.2, 0) is 20.0 Å². The van der Waals surface area contributed by atoms with Crippen molar-refractivity contribution in [2.24, 2.45) is 5.14 Å². The Kier molecular flexibility index (Phi) is 4.19. The molecule has 7 nitrogen and oxygen atoms in total. The molecule has 2 rings (SSSR count). The third kappa shape index (κ3) is 3.91. The highest BCUT2D eigenvalue weighted by Crippen LogP contribution is 2.20. The van der Waals surface area contributed by atoms with Crippen LogP contribution in [0.2, 0.25) is 5.15 Å². The summed E-state index contributed by atoms with van der Waals surface area (Å²) in [6.07, 6.45) is 1.25. The van der Waals surface area contributed by atoms with Crippen LogP contribution in [0, 0.1) is 0 Å². The van der Waals surface area contributed by atoms with E-state index in [0.717, 1.165) is 6.07 Å². The molecule has 0 fully saturated rings. The molecular formula is C11H10ClN3O4S2. The average molecular weight is 348 g/mol. The Hall–Kier alpha value is -1.68. The molecule has 1 heterocycles. The number of nitrogens with two attached hydrogens (primary N) is 1. The zero-order valence-corrected chi connectivity index (χ0v) is 12.8. The molecule has 21 heavy (non-hydrogen) atoms. The van der Waals surface area contributed by atoms with E-state index in [1.165, 1.54) is 36.5 Å². The first-order valence-corrected chi connectivity index (χ1v) is 8.86. The summed E-state index contributed by atoms with van der Waals surface area (Å²) in [7, 11) is -7.83. The first kappa shape index (κ1) is 15.7. The number of nitrogens with zero attached hydrogens (tertiary/aromatic N) is 1. The van der Waals surface area contributed by atoms with E-state index in [-0.39, 0.29) is 20.6 Å². The van der Waals surface area contributed by atoms with Crippen LogP contribution in [0.1, 0.15) is 0 Å². The summed E-state index contributed by atoms with van der Waals surface area (Å²) in [6.45, 7) is 0. The van der Waals surface area contributed by atoms with Crippen LogP contribution in [0.4, 0.5) is 5.69 Å². The Bertz CT molecular complexity index is 882. The molecule has 1 aromatic carbocycles. The summed E-state index contributed by atoms with van der Waals surface area (Å²) in [5.41, 5.74) is 0.0643. The topological polar surface area (TPSA) is 119 Å². The third-order valence-electron chi connectivity index (χ3n) is 2.42. The van der Waals surface area contributed by atoms with Gasteiger partial charge in [0.2, 0.25) is 10.0 Å². The molecule has 0 spiro atoms. The normalized spacial score (nSPS) is 12.1. The van der Waals surface area contributed by atoms with Crippen molar-refractivity contribution < 1.29 is 16.8 Å². The number of anilines is 1. The van der Waals surface area contributed by atoms with Crippen molar-refractivity contribution in [3.63, 3.8) is 0 Å². The van der Waals surface area contributed by atoms with Crippen LogP contribution >= 0.6 is 11.6 Å². The fourth-order valence-electron chi connectivity index (χ4n) is 1.50. The lowest BCUT2D eigenvalue weighted by molar-refractivity contribution is 0.596. The standard InChI is InChI=1S/C11H10ClN3O4S2/c12-11-7-10(4-5-14-11)21(18,19)15-8-2-1-3-9(6-8)20(13,16)17/h1-7,15H,(H2,13,16,17). The third-order valence-corrected chi connectivity index (χ3v) is 4.92. The van der Waals surface area contributed by atoms with Gasteiger partial charge in [0.25, 0.3) is 10.0 Å². The van der Waals surface area contributed by atoms with Gasteiger partial charge in [-0.2, -0.15) is 0 Å². The maximum Gasteiger partial charge on any atom is 0.262 e. The van der Waals surface area contributed by atoms with Gasteiger partial charge in [0.1, 0.15) is 5.15 Å². The molecule has 2 aromatic rings. The number of halogens is 1. The van der Waals surface area contributed by atoms with E-state index >= 15 is 0 Å². The van der Waals surface area contributed by atoms with E-state index in [9.17, 15) is 16.8 Å². The largest absolute Gasteiger partial charge is 0.280 e. The van der Waals surface area contributed by atoms with Gasteiger partial charge < -0.3 is 0 Å². The highest BCUT2D eigenvalue weighted by Gasteiger charge is 2.16. The van der Waals surface area contributed by atoms with E-state index in [1.807, 2.05) is 0 Å². The first-order chi connectivity index (χ1) is 9.68. The van der Waals surface area contributed by atoms with Gasteiger partial charge in [-0.15, -0.1) is 0 Å². The van der Waals surface area contributed by atoms with Gasteiger partial charge >= 0.3 is 0 Å². The lowest BCUT2D eigenvalue weighted by atomic mass is 10.3. The summed E-state index contributed by atoms with van der Waals surface area (Å²) >= 11 is 5.64. The molecule has 0 saturated heterocycles. The molecule has 0 amide bonds. The number of benzene rings is 1. The summed E-state index contributed by atoms with van der Waals surface area (Å²) in [4.78, 5) is 3.39. The Balaban J connectivity index is 2.38. The molecule has 0 aliphatic heterocycles. The quantitative estimate of drug-likeness (QED) is 0.805. The van der Waals surface area contributed by atoms with Gasteiger partial charge in [0.15, 0.2) is 0 Å². The number of primary sulfonamides is 1. The maximum absolute atomic E-state index is 12.1. The van der Waals surface area contributed by atoms with Gasteiger partial charge in [0.05, 0.1) is 15.5 Å². The fraction of sp³-hybridized carbons (Fsp3) is 0. The molecule has 3 N–H and O–H groups in total. The van der Waals surface area contributed by atoms with Crippen LogP contribution < -0.4 is 9.86 Å². The zero-order valence-electron chi connectivity index (χ0n) is 10.4. The Morgan fingerprint density at radius 1 is 1.05 bits per heavy atom. The SMILES string of the molecule is NS(=O)(=O)c1cccc(NS(=O)(=O)c2ccnc(Cl)c2)c1. The van der Waals surface area contributed by atoms with Gasteiger partial charge in [0, 0.05) is 6.20 Å². The van der Waals surface area contributed by atoms with Gasteiger partial charge in [-0.05, 0) is 30.3 Å². The minimum Gasteiger partial charge on any atom is -0.280 e. The molecule has 0 atom stereocenters. The highest BCUT2D eigenvalue weighted by atomic mass is 35.5. The monoisotopic (exact) mass is 347 g/mol. The smallest absolute Gasteiger partial charge is 0.262 e. The van der Waals surface area contributed by atoms with Crippen LogP contribution in [0.3, 0.4) is 0 Å². The van der Waals surface area contributed by atoms with Crippen molar-refractivity contribution in [1.29, 1.82) is 0 Å². The number of aromatic nitrogens is 1. The number of sulfonamides is 2. The summed E-state index contributed by atoms with van der Waals surface area (Å²) in [6, 6.07) is 7.59. The number of hydrogen-bond donors (Lipinski definition) is 2. The zero-order chi connectivity index (χ0) is 15.7. The van der Waals surface area contributed by atoms with Crippen molar-refractivity contribution in [3.8, 4) is 0 Å². The maximum atomic E-state index is 12.1. The van der Waals surface area contributed by atoms with E-state index in [0.29, 0.717) is 0 Å². The van der Waals surface area contributed by atoms with Crippen molar-refractivity contribution in [2.45, 2.75) is 9.79 Å². The molecule has 0 radical (unpaired) electrons. The lowest BCUT2D eigenvalue weighted by Crippen LogP contribution is -2.15. The second-order valence-corrected chi connectivity index (χ2v) is 7.62. The molecular weight excluding hydrogens is 338 g/mol. The minimum absolute atomic E-state index is 0.0242. The number of nitrogens with one attached hydrogen (secondary N) is 1. The number of rotatable bonds is 4. The average Bonchev–Trinajstić information content (AvgIpc) is 2.37. The summed E-state index contributed by atoms with van der Waals surface area (Å²) in [5.74, 6) is 0. The predicted molar refractivity (Wildman–Crippen MR) is 77.9 cm³/mol. The molecule has 1 aromatic heterocycles. The van der Waals surface area contributed by atoms with E-state index in [1.54, 1.807) is 0 Å². The molecule has 0 unspecified atom stereocenters. The van der Waals surface area contributed by atoms with E-state index in [4.69, 9.17) is 16.7 Å². The molecule has 0 aliphatic rings. The second-order valence-electron chi connectivity index (χ2n) is 3.99. The second kappa shape index (κ2) is 5.60. The van der Waals surface area contributed by atoms with E-state index < -0.39 is 20.0 Å². The van der Waals surface area contributed by atoms with Crippen molar-refractivity contribution >= 4 is 37.3 Å². The van der Waals surface area contributed by atoms with Gasteiger partial charge in [-0.1, -0.05) is 17.7 Å². The highest BCUT2D eigenvalue weighted by molar-refractivity contribution is 7.92. The van der Waals surface area contributed by atoms with Crippen LogP contribution in [-0.4, -0.2) is 21.8 Å². The molecule has 10 heteroatoms. The fourth-order valence-corrected chi connectivity index (χ4v) is 3.36. The predicted octanol–water partition coefficient (Wildman–Crippen LogP) is 1.18. The van der Waals surface area contributed by atoms with Gasteiger partial charge in [-0.3, -0.25) is 4.72 Å². The van der Waals surface area contributed by atoms with Crippen molar-refractivity contribution in [2.75, 3.05) is 4.72 Å². The minimum atomic E-state index is -3.92. The number of hydrogen-bond acceptors (Lipinski definition) is 5. The molecule has 0 saturated carbocycles.